The Kier molecular flexibility index (Phi) is 41.8. The predicted octanol–water partition coefficient (Wildman–Crippen LogP) is 13.4. The first-order chi connectivity index (χ1) is 26.1. The number of unbranched alkanes of at least 4 members (excludes halogenated alkanes) is 23. The number of hydrogen-bond acceptors (Lipinski definition) is 7. The van der Waals surface area contributed by atoms with Gasteiger partial charge in [0.1, 0.15) is 6.10 Å². The molecule has 1 N–H and O–H groups in total. The van der Waals surface area contributed by atoms with E-state index in [1.54, 1.807) is 0 Å². The van der Waals surface area contributed by atoms with Gasteiger partial charge in [-0.3, -0.25) is 4.79 Å². The highest BCUT2D eigenvalue weighted by Crippen LogP contribution is 2.18. The van der Waals surface area contributed by atoms with E-state index in [2.05, 4.69) is 37.8 Å². The van der Waals surface area contributed by atoms with Gasteiger partial charge in [0.15, 0.2) is 0 Å². The molecule has 0 aromatic heterocycles. The second kappa shape index (κ2) is 43.1. The lowest BCUT2D eigenvalue weighted by atomic mass is 10.0. The Balaban J connectivity index is 3.86. The standard InChI is InChI=1S/C46H89NO6/c1-4-7-10-13-15-16-17-22-29-36-44(35-28-12-9-6-3)53-46(50)52-43-34-27-21-19-25-32-39-47(40-41-48)38-31-24-18-20-26-33-42-51-45(49)37-30-23-14-11-8-5-2/h8,11,44,48H,4-7,9-10,12-43H2,1-3H3/b11-8-. The van der Waals surface area contributed by atoms with Gasteiger partial charge in [-0.15, -0.1) is 0 Å². The van der Waals surface area contributed by atoms with Crippen LogP contribution in [0.3, 0.4) is 0 Å². The van der Waals surface area contributed by atoms with E-state index in [1.165, 1.54) is 109 Å². The molecule has 0 spiro atoms. The number of rotatable bonds is 42. The second-order valence-corrected chi connectivity index (χ2v) is 15.5. The summed E-state index contributed by atoms with van der Waals surface area (Å²) in [5, 5.41) is 9.53. The van der Waals surface area contributed by atoms with E-state index in [0.29, 0.717) is 19.6 Å². The van der Waals surface area contributed by atoms with Gasteiger partial charge in [-0.05, 0) is 90.1 Å². The van der Waals surface area contributed by atoms with Crippen molar-refractivity contribution >= 4 is 12.1 Å². The minimum atomic E-state index is -0.472. The van der Waals surface area contributed by atoms with Crippen molar-refractivity contribution in [3.05, 3.63) is 12.2 Å². The van der Waals surface area contributed by atoms with Crippen LogP contribution in [0.1, 0.15) is 226 Å². The van der Waals surface area contributed by atoms with Crippen LogP contribution < -0.4 is 0 Å². The molecular weight excluding hydrogens is 663 g/mol. The van der Waals surface area contributed by atoms with E-state index in [9.17, 15) is 14.7 Å². The van der Waals surface area contributed by atoms with E-state index in [4.69, 9.17) is 14.2 Å². The smallest absolute Gasteiger partial charge is 0.466 e. The summed E-state index contributed by atoms with van der Waals surface area (Å²) in [6, 6.07) is 0. The maximum atomic E-state index is 12.5. The van der Waals surface area contributed by atoms with Crippen LogP contribution in [0.2, 0.25) is 0 Å². The van der Waals surface area contributed by atoms with Gasteiger partial charge in [0.2, 0.25) is 0 Å². The van der Waals surface area contributed by atoms with Crippen molar-refractivity contribution in [1.29, 1.82) is 0 Å². The Hall–Kier alpha value is -1.60. The summed E-state index contributed by atoms with van der Waals surface area (Å²) in [6.45, 7) is 10.7. The van der Waals surface area contributed by atoms with Gasteiger partial charge in [0.05, 0.1) is 19.8 Å². The third-order valence-corrected chi connectivity index (χ3v) is 10.3. The monoisotopic (exact) mass is 752 g/mol. The summed E-state index contributed by atoms with van der Waals surface area (Å²) in [7, 11) is 0. The Morgan fingerprint density at radius 2 is 1.00 bits per heavy atom. The van der Waals surface area contributed by atoms with Gasteiger partial charge in [-0.25, -0.2) is 4.79 Å². The molecular formula is C46H89NO6. The van der Waals surface area contributed by atoms with Gasteiger partial charge >= 0.3 is 12.1 Å². The van der Waals surface area contributed by atoms with Gasteiger partial charge in [-0.1, -0.05) is 155 Å². The molecule has 0 aliphatic heterocycles. The van der Waals surface area contributed by atoms with E-state index >= 15 is 0 Å². The largest absolute Gasteiger partial charge is 0.508 e. The number of ether oxygens (including phenoxy) is 3. The molecule has 0 heterocycles. The summed E-state index contributed by atoms with van der Waals surface area (Å²) >= 11 is 0. The van der Waals surface area contributed by atoms with Gasteiger partial charge < -0.3 is 24.2 Å². The van der Waals surface area contributed by atoms with Crippen LogP contribution in [0, 0.1) is 0 Å². The number of nitrogens with zero attached hydrogens (tertiary/aromatic N) is 1. The van der Waals surface area contributed by atoms with Crippen molar-refractivity contribution in [3.8, 4) is 0 Å². The van der Waals surface area contributed by atoms with Crippen molar-refractivity contribution < 1.29 is 28.9 Å². The van der Waals surface area contributed by atoms with Crippen LogP contribution in [0.25, 0.3) is 0 Å². The average molecular weight is 752 g/mol. The SMILES string of the molecule is CC/C=C\CCCCC(=O)OCCCCCCCCN(CCO)CCCCCCCCOC(=O)OC(CCCCCC)CCCCCCCCCCC. The van der Waals surface area contributed by atoms with Crippen LogP contribution in [-0.4, -0.2) is 67.7 Å². The van der Waals surface area contributed by atoms with Gasteiger partial charge in [0, 0.05) is 13.0 Å². The zero-order valence-electron chi connectivity index (χ0n) is 35.5. The molecule has 0 bridgehead atoms. The lowest BCUT2D eigenvalue weighted by Gasteiger charge is -2.21. The number of carbonyl (C=O) groups is 2. The lowest BCUT2D eigenvalue weighted by Crippen LogP contribution is -2.29. The number of carbonyl (C=O) groups excluding carboxylic acids is 2. The Morgan fingerprint density at radius 1 is 0.528 bits per heavy atom. The molecule has 1 unspecified atom stereocenters. The summed E-state index contributed by atoms with van der Waals surface area (Å²) in [4.78, 5) is 26.7. The third-order valence-electron chi connectivity index (χ3n) is 10.3. The van der Waals surface area contributed by atoms with Crippen molar-refractivity contribution in [2.45, 2.75) is 232 Å². The maximum Gasteiger partial charge on any atom is 0.508 e. The fourth-order valence-corrected chi connectivity index (χ4v) is 6.91. The Bertz CT molecular complexity index is 790. The highest BCUT2D eigenvalue weighted by atomic mass is 16.7. The zero-order chi connectivity index (χ0) is 38.7. The van der Waals surface area contributed by atoms with Crippen molar-refractivity contribution in [1.82, 2.24) is 4.90 Å². The molecule has 0 rings (SSSR count). The van der Waals surface area contributed by atoms with E-state index < -0.39 is 6.16 Å². The number of hydrogen-bond donors (Lipinski definition) is 1. The highest BCUT2D eigenvalue weighted by molar-refractivity contribution is 5.69. The lowest BCUT2D eigenvalue weighted by molar-refractivity contribution is -0.143. The average Bonchev–Trinajstić information content (AvgIpc) is 3.15. The van der Waals surface area contributed by atoms with E-state index in [-0.39, 0.29) is 18.7 Å². The molecule has 0 fully saturated rings. The molecule has 0 aliphatic rings. The maximum absolute atomic E-state index is 12.5. The number of aliphatic hydroxyl groups is 1. The number of esters is 1. The van der Waals surface area contributed by atoms with Gasteiger partial charge in [0.25, 0.3) is 0 Å². The summed E-state index contributed by atoms with van der Waals surface area (Å²) in [5.74, 6) is -0.0482. The first-order valence-corrected chi connectivity index (χ1v) is 23.0. The molecule has 7 heteroatoms. The van der Waals surface area contributed by atoms with Gasteiger partial charge in [-0.2, -0.15) is 0 Å². The first-order valence-electron chi connectivity index (χ1n) is 23.0. The minimum absolute atomic E-state index is 0.00149. The van der Waals surface area contributed by atoms with Crippen LogP contribution in [0.15, 0.2) is 12.2 Å². The van der Waals surface area contributed by atoms with E-state index in [1.807, 2.05) is 0 Å². The third kappa shape index (κ3) is 39.9. The topological polar surface area (TPSA) is 85.3 Å². The number of aliphatic hydroxyl groups excluding tert-OH is 1. The molecule has 0 aromatic carbocycles. The molecule has 0 aliphatic carbocycles. The Morgan fingerprint density at radius 3 is 1.53 bits per heavy atom. The minimum Gasteiger partial charge on any atom is -0.466 e. The van der Waals surface area contributed by atoms with Crippen LogP contribution in [-0.2, 0) is 19.0 Å². The normalized spacial score (nSPS) is 12.2. The second-order valence-electron chi connectivity index (χ2n) is 15.5. The summed E-state index contributed by atoms with van der Waals surface area (Å²) in [5.41, 5.74) is 0. The van der Waals surface area contributed by atoms with Crippen LogP contribution in [0.4, 0.5) is 4.79 Å². The quantitative estimate of drug-likeness (QED) is 0.0377. The molecule has 0 aromatic rings. The van der Waals surface area contributed by atoms with E-state index in [0.717, 1.165) is 110 Å². The predicted molar refractivity (Wildman–Crippen MR) is 225 cm³/mol. The molecule has 314 valence electrons. The summed E-state index contributed by atoms with van der Waals surface area (Å²) in [6.07, 6.45) is 40.6. The molecule has 7 nitrogen and oxygen atoms in total. The summed E-state index contributed by atoms with van der Waals surface area (Å²) < 4.78 is 16.7. The van der Waals surface area contributed by atoms with Crippen molar-refractivity contribution in [2.75, 3.05) is 39.5 Å². The highest BCUT2D eigenvalue weighted by Gasteiger charge is 2.15. The molecule has 53 heavy (non-hydrogen) atoms. The van der Waals surface area contributed by atoms with Crippen LogP contribution in [0.5, 0.6) is 0 Å². The number of allylic oxidation sites excluding steroid dienone is 2. The van der Waals surface area contributed by atoms with Crippen LogP contribution >= 0.6 is 0 Å². The Labute approximate surface area is 329 Å². The molecule has 0 radical (unpaired) electrons. The first kappa shape index (κ1) is 51.4. The fraction of sp³-hybridized carbons (Fsp3) is 0.913. The fourth-order valence-electron chi connectivity index (χ4n) is 6.91. The molecule has 1 atom stereocenters. The molecule has 0 amide bonds. The van der Waals surface area contributed by atoms with Crippen molar-refractivity contribution in [2.24, 2.45) is 0 Å². The zero-order valence-corrected chi connectivity index (χ0v) is 35.5. The molecule has 0 saturated carbocycles. The molecule has 0 saturated heterocycles. The van der Waals surface area contributed by atoms with Crippen molar-refractivity contribution in [3.63, 3.8) is 0 Å².